The number of amides is 1. The Labute approximate surface area is 109 Å². The number of nitrogens with two attached hydrogens (primary N) is 1. The van der Waals surface area contributed by atoms with Crippen LogP contribution in [0.2, 0.25) is 5.02 Å². The molecule has 0 spiro atoms. The number of ketones is 1. The molecule has 2 rings (SSSR count). The van der Waals surface area contributed by atoms with Crippen molar-refractivity contribution in [2.45, 2.75) is 6.92 Å². The smallest absolute Gasteiger partial charge is 0.299 e. The third kappa shape index (κ3) is 2.00. The molecule has 1 aromatic carbocycles. The standard InChI is InChI=1S/C12H12ClFN2O2/c1-6(4-15)5-16-10-3-9(14)8(13)2-7(10)11(17)12(16)18/h2-3,6H,4-5,15H2,1H3. The minimum Gasteiger partial charge on any atom is -0.330 e. The summed E-state index contributed by atoms with van der Waals surface area (Å²) in [4.78, 5) is 24.8. The van der Waals surface area contributed by atoms with Crippen LogP contribution in [-0.2, 0) is 4.79 Å². The number of halogens is 2. The minimum atomic E-state index is -0.660. The number of hydrogen-bond donors (Lipinski definition) is 1. The summed E-state index contributed by atoms with van der Waals surface area (Å²) in [7, 11) is 0. The van der Waals surface area contributed by atoms with Crippen LogP contribution in [0.1, 0.15) is 17.3 Å². The van der Waals surface area contributed by atoms with Crippen molar-refractivity contribution in [2.75, 3.05) is 18.0 Å². The minimum absolute atomic E-state index is 0.0199. The highest BCUT2D eigenvalue weighted by Gasteiger charge is 2.37. The van der Waals surface area contributed by atoms with Crippen LogP contribution in [0, 0.1) is 11.7 Å². The average molecular weight is 271 g/mol. The fourth-order valence-electron chi connectivity index (χ4n) is 1.86. The van der Waals surface area contributed by atoms with Gasteiger partial charge in [0.1, 0.15) is 5.82 Å². The lowest BCUT2D eigenvalue weighted by molar-refractivity contribution is -0.114. The van der Waals surface area contributed by atoms with Gasteiger partial charge < -0.3 is 10.6 Å². The molecule has 0 radical (unpaired) electrons. The summed E-state index contributed by atoms with van der Waals surface area (Å²) >= 11 is 5.61. The van der Waals surface area contributed by atoms with Gasteiger partial charge in [0.25, 0.3) is 11.7 Å². The lowest BCUT2D eigenvalue weighted by Crippen LogP contribution is -2.35. The van der Waals surface area contributed by atoms with Crippen LogP contribution >= 0.6 is 11.6 Å². The maximum Gasteiger partial charge on any atom is 0.299 e. The number of rotatable bonds is 3. The highest BCUT2D eigenvalue weighted by molar-refractivity contribution is 6.52. The first-order valence-electron chi connectivity index (χ1n) is 5.51. The molecular weight excluding hydrogens is 259 g/mol. The van der Waals surface area contributed by atoms with Crippen LogP contribution in [0.3, 0.4) is 0 Å². The first-order valence-corrected chi connectivity index (χ1v) is 5.88. The number of nitrogens with zero attached hydrogens (tertiary/aromatic N) is 1. The van der Waals surface area contributed by atoms with E-state index >= 15 is 0 Å². The average Bonchev–Trinajstić information content (AvgIpc) is 2.56. The summed E-state index contributed by atoms with van der Waals surface area (Å²) in [5.41, 5.74) is 5.91. The molecule has 0 saturated heterocycles. The van der Waals surface area contributed by atoms with Crippen molar-refractivity contribution in [2.24, 2.45) is 11.7 Å². The van der Waals surface area contributed by atoms with E-state index in [1.165, 1.54) is 11.0 Å². The van der Waals surface area contributed by atoms with Crippen molar-refractivity contribution >= 4 is 29.0 Å². The molecule has 0 bridgehead atoms. The van der Waals surface area contributed by atoms with E-state index in [0.29, 0.717) is 6.54 Å². The van der Waals surface area contributed by atoms with Crippen LogP contribution in [-0.4, -0.2) is 24.8 Å². The first-order chi connectivity index (χ1) is 8.45. The number of anilines is 1. The lowest BCUT2D eigenvalue weighted by atomic mass is 10.1. The Morgan fingerprint density at radius 2 is 2.11 bits per heavy atom. The molecule has 1 heterocycles. The summed E-state index contributed by atoms with van der Waals surface area (Å²) in [5.74, 6) is -1.95. The number of carbonyl (C=O) groups is 2. The van der Waals surface area contributed by atoms with E-state index in [1.807, 2.05) is 6.92 Å². The number of benzene rings is 1. The molecule has 1 aromatic rings. The molecule has 4 nitrogen and oxygen atoms in total. The fourth-order valence-corrected chi connectivity index (χ4v) is 2.02. The second-order valence-electron chi connectivity index (χ2n) is 4.37. The lowest BCUT2D eigenvalue weighted by Gasteiger charge is -2.20. The Morgan fingerprint density at radius 1 is 1.44 bits per heavy atom. The molecular formula is C12H12ClFN2O2. The predicted molar refractivity (Wildman–Crippen MR) is 66.3 cm³/mol. The largest absolute Gasteiger partial charge is 0.330 e. The van der Waals surface area contributed by atoms with Gasteiger partial charge in [-0.3, -0.25) is 9.59 Å². The first kappa shape index (κ1) is 13.0. The van der Waals surface area contributed by atoms with Gasteiger partial charge in [-0.1, -0.05) is 18.5 Å². The third-order valence-electron chi connectivity index (χ3n) is 2.91. The molecule has 1 aliphatic heterocycles. The highest BCUT2D eigenvalue weighted by Crippen LogP contribution is 2.33. The van der Waals surface area contributed by atoms with E-state index in [2.05, 4.69) is 0 Å². The summed E-state index contributed by atoms with van der Waals surface area (Å²) in [5, 5.41) is -0.163. The molecule has 1 unspecified atom stereocenters. The third-order valence-corrected chi connectivity index (χ3v) is 3.20. The molecule has 1 aliphatic rings. The van der Waals surface area contributed by atoms with E-state index < -0.39 is 17.5 Å². The zero-order valence-electron chi connectivity index (χ0n) is 9.74. The number of carbonyl (C=O) groups excluding carboxylic acids is 2. The number of hydrogen-bond acceptors (Lipinski definition) is 3. The monoisotopic (exact) mass is 270 g/mol. The maximum atomic E-state index is 13.4. The van der Waals surface area contributed by atoms with E-state index in [-0.39, 0.29) is 28.7 Å². The van der Waals surface area contributed by atoms with Crippen molar-refractivity contribution in [3.8, 4) is 0 Å². The molecule has 0 saturated carbocycles. The predicted octanol–water partition coefficient (Wildman–Crippen LogP) is 1.60. The van der Waals surface area contributed by atoms with Crippen molar-refractivity contribution in [1.82, 2.24) is 0 Å². The molecule has 0 aliphatic carbocycles. The number of Topliss-reactive ketones (excluding diaryl/α,β-unsaturated/α-hetero) is 1. The normalized spacial score (nSPS) is 16.1. The van der Waals surface area contributed by atoms with Gasteiger partial charge in [-0.2, -0.15) is 0 Å². The number of fused-ring (bicyclic) bond motifs is 1. The van der Waals surface area contributed by atoms with Crippen molar-refractivity contribution in [3.63, 3.8) is 0 Å². The molecule has 2 N–H and O–H groups in total. The van der Waals surface area contributed by atoms with E-state index in [4.69, 9.17) is 17.3 Å². The SMILES string of the molecule is CC(CN)CN1C(=O)C(=O)c2cc(Cl)c(F)cc21. The Morgan fingerprint density at radius 3 is 2.72 bits per heavy atom. The van der Waals surface area contributed by atoms with Crippen LogP contribution in [0.25, 0.3) is 0 Å². The van der Waals surface area contributed by atoms with Gasteiger partial charge in [0.15, 0.2) is 0 Å². The zero-order valence-corrected chi connectivity index (χ0v) is 10.5. The molecule has 6 heteroatoms. The summed E-state index contributed by atoms with van der Waals surface area (Å²) in [6.45, 7) is 2.51. The van der Waals surface area contributed by atoms with Crippen molar-refractivity contribution in [1.29, 1.82) is 0 Å². The van der Waals surface area contributed by atoms with Gasteiger partial charge in [0.05, 0.1) is 16.3 Å². The second kappa shape index (κ2) is 4.66. The van der Waals surface area contributed by atoms with Gasteiger partial charge in [-0.15, -0.1) is 0 Å². The second-order valence-corrected chi connectivity index (χ2v) is 4.78. The topological polar surface area (TPSA) is 63.4 Å². The highest BCUT2D eigenvalue weighted by atomic mass is 35.5. The quantitative estimate of drug-likeness (QED) is 0.849. The van der Waals surface area contributed by atoms with Gasteiger partial charge in [-0.05, 0) is 24.6 Å². The fraction of sp³-hybridized carbons (Fsp3) is 0.333. The molecule has 1 atom stereocenters. The van der Waals surface area contributed by atoms with Gasteiger partial charge in [0, 0.05) is 6.54 Å². The van der Waals surface area contributed by atoms with Crippen molar-refractivity contribution in [3.05, 3.63) is 28.5 Å². The Kier molecular flexibility index (Phi) is 3.36. The molecule has 0 fully saturated rings. The Balaban J connectivity index is 2.45. The maximum absolute atomic E-state index is 13.4. The summed E-state index contributed by atoms with van der Waals surface area (Å²) < 4.78 is 13.4. The van der Waals surface area contributed by atoms with Gasteiger partial charge in [-0.25, -0.2) is 4.39 Å². The zero-order chi connectivity index (χ0) is 13.4. The summed E-state index contributed by atoms with van der Waals surface area (Å²) in [6.07, 6.45) is 0. The van der Waals surface area contributed by atoms with E-state index in [9.17, 15) is 14.0 Å². The van der Waals surface area contributed by atoms with Crippen LogP contribution < -0.4 is 10.6 Å². The molecule has 96 valence electrons. The Hall–Kier alpha value is -1.46. The van der Waals surface area contributed by atoms with Gasteiger partial charge in [0.2, 0.25) is 0 Å². The van der Waals surface area contributed by atoms with Crippen LogP contribution in [0.4, 0.5) is 10.1 Å². The molecule has 1 amide bonds. The van der Waals surface area contributed by atoms with E-state index in [1.54, 1.807) is 0 Å². The van der Waals surface area contributed by atoms with Gasteiger partial charge >= 0.3 is 0 Å². The Bertz CT molecular complexity index is 533. The van der Waals surface area contributed by atoms with Crippen LogP contribution in [0.5, 0.6) is 0 Å². The molecule has 18 heavy (non-hydrogen) atoms. The summed E-state index contributed by atoms with van der Waals surface area (Å²) in [6, 6.07) is 2.31. The van der Waals surface area contributed by atoms with Crippen molar-refractivity contribution < 1.29 is 14.0 Å². The molecule has 0 aromatic heterocycles. The van der Waals surface area contributed by atoms with Crippen LogP contribution in [0.15, 0.2) is 12.1 Å². The van der Waals surface area contributed by atoms with E-state index in [0.717, 1.165) is 6.07 Å².